The van der Waals surface area contributed by atoms with Gasteiger partial charge in [-0.2, -0.15) is 0 Å². The number of hydrogen-bond acceptors (Lipinski definition) is 5. The number of thiazole rings is 1. The van der Waals surface area contributed by atoms with Crippen LogP contribution in [0.3, 0.4) is 0 Å². The van der Waals surface area contributed by atoms with Gasteiger partial charge >= 0.3 is 5.97 Å². The molecular weight excluding hydrogens is 230 g/mol. The van der Waals surface area contributed by atoms with E-state index in [2.05, 4.69) is 10.3 Å². The zero-order valence-corrected chi connectivity index (χ0v) is 9.87. The van der Waals surface area contributed by atoms with Crippen LogP contribution in [0.1, 0.15) is 5.69 Å². The molecule has 1 rings (SSSR count). The van der Waals surface area contributed by atoms with Crippen molar-refractivity contribution in [1.82, 2.24) is 9.88 Å². The number of likely N-dealkylation sites (N-methyl/N-ethyl adjacent to an activating group) is 1. The molecule has 7 heteroatoms. The van der Waals surface area contributed by atoms with Gasteiger partial charge in [0.05, 0.1) is 18.8 Å². The van der Waals surface area contributed by atoms with Crippen molar-refractivity contribution in [2.75, 3.05) is 25.5 Å². The number of hydrogen-bond donors (Lipinski definition) is 2. The third kappa shape index (κ3) is 4.37. The SMILES string of the molecule is Cc1csc(NC(=O)CN(C)CC(=O)O)n1. The van der Waals surface area contributed by atoms with Gasteiger partial charge in [-0.25, -0.2) is 4.98 Å². The maximum absolute atomic E-state index is 11.4. The van der Waals surface area contributed by atoms with Gasteiger partial charge in [-0.05, 0) is 14.0 Å². The predicted octanol–water partition coefficient (Wildman–Crippen LogP) is 0.406. The van der Waals surface area contributed by atoms with Gasteiger partial charge < -0.3 is 10.4 Å². The summed E-state index contributed by atoms with van der Waals surface area (Å²) >= 11 is 1.34. The van der Waals surface area contributed by atoms with Crippen molar-refractivity contribution in [3.05, 3.63) is 11.1 Å². The van der Waals surface area contributed by atoms with E-state index in [4.69, 9.17) is 5.11 Å². The standard InChI is InChI=1S/C9H13N3O3S/c1-6-5-16-9(10-6)11-7(13)3-12(2)4-8(14)15/h5H,3-4H2,1-2H3,(H,14,15)(H,10,11,13). The molecule has 1 heterocycles. The van der Waals surface area contributed by atoms with Crippen LogP contribution in [-0.4, -0.2) is 47.0 Å². The van der Waals surface area contributed by atoms with Gasteiger partial charge in [0.25, 0.3) is 0 Å². The van der Waals surface area contributed by atoms with Crippen molar-refractivity contribution in [2.45, 2.75) is 6.92 Å². The van der Waals surface area contributed by atoms with Crippen molar-refractivity contribution in [2.24, 2.45) is 0 Å². The Kier molecular flexibility index (Phi) is 4.39. The fourth-order valence-corrected chi connectivity index (χ4v) is 1.81. The van der Waals surface area contributed by atoms with Gasteiger partial charge in [-0.1, -0.05) is 0 Å². The fourth-order valence-electron chi connectivity index (χ4n) is 1.10. The summed E-state index contributed by atoms with van der Waals surface area (Å²) in [5.41, 5.74) is 0.846. The second kappa shape index (κ2) is 5.57. The van der Waals surface area contributed by atoms with Crippen LogP contribution in [0.15, 0.2) is 5.38 Å². The lowest BCUT2D eigenvalue weighted by Gasteiger charge is -2.12. The highest BCUT2D eigenvalue weighted by atomic mass is 32.1. The number of nitrogens with one attached hydrogen (secondary N) is 1. The van der Waals surface area contributed by atoms with E-state index in [-0.39, 0.29) is 19.0 Å². The average Bonchev–Trinajstić information content (AvgIpc) is 2.48. The number of carbonyl (C=O) groups is 2. The van der Waals surface area contributed by atoms with Crippen LogP contribution in [0.5, 0.6) is 0 Å². The van der Waals surface area contributed by atoms with Crippen molar-refractivity contribution in [3.63, 3.8) is 0 Å². The summed E-state index contributed by atoms with van der Waals surface area (Å²) in [6.07, 6.45) is 0. The molecule has 88 valence electrons. The van der Waals surface area contributed by atoms with Gasteiger partial charge in [-0.15, -0.1) is 11.3 Å². The summed E-state index contributed by atoms with van der Waals surface area (Å²) in [5.74, 6) is -1.22. The van der Waals surface area contributed by atoms with Crippen molar-refractivity contribution in [1.29, 1.82) is 0 Å². The number of nitrogens with zero attached hydrogens (tertiary/aromatic N) is 2. The Morgan fingerprint density at radius 1 is 1.56 bits per heavy atom. The molecule has 1 amide bonds. The molecule has 0 aliphatic rings. The minimum absolute atomic E-state index is 0.0327. The first-order valence-electron chi connectivity index (χ1n) is 4.59. The Labute approximate surface area is 96.9 Å². The number of carboxylic acids is 1. The largest absolute Gasteiger partial charge is 0.480 e. The number of aliphatic carboxylic acids is 1. The minimum Gasteiger partial charge on any atom is -0.480 e. The summed E-state index contributed by atoms with van der Waals surface area (Å²) < 4.78 is 0. The molecule has 2 N–H and O–H groups in total. The van der Waals surface area contributed by atoms with Crippen molar-refractivity contribution >= 4 is 28.3 Å². The molecule has 0 saturated carbocycles. The lowest BCUT2D eigenvalue weighted by atomic mass is 10.5. The van der Waals surface area contributed by atoms with Crippen LogP contribution in [-0.2, 0) is 9.59 Å². The van der Waals surface area contributed by atoms with Crippen LogP contribution in [0.4, 0.5) is 5.13 Å². The third-order valence-corrected chi connectivity index (χ3v) is 2.56. The van der Waals surface area contributed by atoms with Gasteiger partial charge in [-0.3, -0.25) is 14.5 Å². The molecule has 0 atom stereocenters. The van der Waals surface area contributed by atoms with Crippen LogP contribution >= 0.6 is 11.3 Å². The molecular formula is C9H13N3O3S. The number of aromatic nitrogens is 1. The number of anilines is 1. The molecule has 0 aromatic carbocycles. The first kappa shape index (κ1) is 12.6. The summed E-state index contributed by atoms with van der Waals surface area (Å²) in [6, 6.07) is 0. The molecule has 1 aromatic heterocycles. The Hall–Kier alpha value is -1.47. The summed E-state index contributed by atoms with van der Waals surface area (Å²) in [7, 11) is 1.57. The Morgan fingerprint density at radius 3 is 2.75 bits per heavy atom. The Bertz CT molecular complexity index is 391. The second-order valence-electron chi connectivity index (χ2n) is 3.41. The highest BCUT2D eigenvalue weighted by Crippen LogP contribution is 2.13. The number of rotatable bonds is 5. The maximum Gasteiger partial charge on any atom is 0.317 e. The first-order valence-corrected chi connectivity index (χ1v) is 5.47. The van der Waals surface area contributed by atoms with Crippen LogP contribution in [0, 0.1) is 6.92 Å². The minimum atomic E-state index is -0.958. The molecule has 16 heavy (non-hydrogen) atoms. The van der Waals surface area contributed by atoms with Crippen molar-refractivity contribution < 1.29 is 14.7 Å². The Morgan fingerprint density at radius 2 is 2.25 bits per heavy atom. The summed E-state index contributed by atoms with van der Waals surface area (Å²) in [5, 5.41) is 13.5. The number of carbonyl (C=O) groups excluding carboxylic acids is 1. The predicted molar refractivity (Wildman–Crippen MR) is 60.6 cm³/mol. The first-order chi connectivity index (χ1) is 7.47. The molecule has 6 nitrogen and oxygen atoms in total. The fraction of sp³-hybridized carbons (Fsp3) is 0.444. The number of carboxylic acid groups (broad SMARTS) is 1. The van der Waals surface area contributed by atoms with E-state index >= 15 is 0 Å². The highest BCUT2D eigenvalue weighted by molar-refractivity contribution is 7.13. The van der Waals surface area contributed by atoms with E-state index in [1.807, 2.05) is 12.3 Å². The van der Waals surface area contributed by atoms with Crippen LogP contribution in [0.2, 0.25) is 0 Å². The average molecular weight is 243 g/mol. The van der Waals surface area contributed by atoms with E-state index < -0.39 is 5.97 Å². The van der Waals surface area contributed by atoms with Crippen molar-refractivity contribution in [3.8, 4) is 0 Å². The van der Waals surface area contributed by atoms with E-state index in [0.717, 1.165) is 5.69 Å². The smallest absolute Gasteiger partial charge is 0.317 e. The molecule has 0 radical (unpaired) electrons. The molecule has 0 saturated heterocycles. The highest BCUT2D eigenvalue weighted by Gasteiger charge is 2.10. The molecule has 0 aliphatic carbocycles. The molecule has 0 fully saturated rings. The summed E-state index contributed by atoms with van der Waals surface area (Å²) in [4.78, 5) is 27.3. The van der Waals surface area contributed by atoms with Crippen LogP contribution < -0.4 is 5.32 Å². The quantitative estimate of drug-likeness (QED) is 0.782. The lowest BCUT2D eigenvalue weighted by Crippen LogP contribution is -2.33. The monoisotopic (exact) mass is 243 g/mol. The molecule has 0 unspecified atom stereocenters. The van der Waals surface area contributed by atoms with E-state index in [1.165, 1.54) is 16.2 Å². The Balaban J connectivity index is 2.38. The van der Waals surface area contributed by atoms with E-state index in [9.17, 15) is 9.59 Å². The number of amides is 1. The van der Waals surface area contributed by atoms with E-state index in [1.54, 1.807) is 7.05 Å². The molecule has 0 spiro atoms. The zero-order valence-electron chi connectivity index (χ0n) is 9.06. The normalized spacial score (nSPS) is 10.4. The van der Waals surface area contributed by atoms with Gasteiger partial charge in [0, 0.05) is 5.38 Å². The molecule has 0 bridgehead atoms. The van der Waals surface area contributed by atoms with Crippen LogP contribution in [0.25, 0.3) is 0 Å². The topological polar surface area (TPSA) is 82.5 Å². The zero-order chi connectivity index (χ0) is 12.1. The molecule has 0 aliphatic heterocycles. The van der Waals surface area contributed by atoms with Gasteiger partial charge in [0.15, 0.2) is 5.13 Å². The third-order valence-electron chi connectivity index (χ3n) is 1.68. The molecule has 1 aromatic rings. The second-order valence-corrected chi connectivity index (χ2v) is 4.27. The number of aryl methyl sites for hydroxylation is 1. The maximum atomic E-state index is 11.4. The summed E-state index contributed by atoms with van der Waals surface area (Å²) in [6.45, 7) is 1.71. The lowest BCUT2D eigenvalue weighted by molar-refractivity contribution is -0.138. The van der Waals surface area contributed by atoms with Gasteiger partial charge in [0.1, 0.15) is 0 Å². The van der Waals surface area contributed by atoms with Gasteiger partial charge in [0.2, 0.25) is 5.91 Å². The van der Waals surface area contributed by atoms with E-state index in [0.29, 0.717) is 5.13 Å².